The zero-order chi connectivity index (χ0) is 19.4. The molecule has 0 unspecified atom stereocenters. The average molecular weight is 385 g/mol. The van der Waals surface area contributed by atoms with Gasteiger partial charge < -0.3 is 14.6 Å². The molecule has 0 aliphatic heterocycles. The lowest BCUT2D eigenvalue weighted by Crippen LogP contribution is -2.21. The van der Waals surface area contributed by atoms with E-state index in [1.54, 1.807) is 19.9 Å². The summed E-state index contributed by atoms with van der Waals surface area (Å²) in [4.78, 5) is 29.0. The van der Waals surface area contributed by atoms with Crippen LogP contribution in [0.25, 0.3) is 10.6 Å². The highest BCUT2D eigenvalue weighted by molar-refractivity contribution is 7.17. The molecular weight excluding hydrogens is 366 g/mol. The van der Waals surface area contributed by atoms with Gasteiger partial charge in [-0.25, -0.2) is 9.78 Å². The highest BCUT2D eigenvalue weighted by Crippen LogP contribution is 2.28. The molecule has 0 aliphatic carbocycles. The zero-order valence-electron chi connectivity index (χ0n) is 15.2. The van der Waals surface area contributed by atoms with Crippen molar-refractivity contribution in [3.8, 4) is 10.6 Å². The van der Waals surface area contributed by atoms with E-state index in [1.807, 2.05) is 24.3 Å². The summed E-state index contributed by atoms with van der Waals surface area (Å²) in [6.07, 6.45) is 0.963. The van der Waals surface area contributed by atoms with Gasteiger partial charge in [-0.3, -0.25) is 4.79 Å². The minimum absolute atomic E-state index is 0.278. The molecule has 0 saturated heterocycles. The molecule has 8 heteroatoms. The molecule has 0 aliphatic rings. The Morgan fingerprint density at radius 1 is 1.22 bits per heavy atom. The van der Waals surface area contributed by atoms with E-state index in [2.05, 4.69) is 22.4 Å². The average Bonchev–Trinajstić information content (AvgIpc) is 3.25. The first-order chi connectivity index (χ1) is 13.0. The zero-order valence-corrected chi connectivity index (χ0v) is 16.1. The summed E-state index contributed by atoms with van der Waals surface area (Å²) in [7, 11) is 0. The lowest BCUT2D eigenvalue weighted by Gasteiger charge is -2.03. The Morgan fingerprint density at radius 3 is 2.59 bits per heavy atom. The number of carbonyl (C=O) groups excluding carboxylic acids is 2. The van der Waals surface area contributed by atoms with Crippen LogP contribution in [0.4, 0.5) is 5.82 Å². The van der Waals surface area contributed by atoms with Gasteiger partial charge in [0.15, 0.2) is 12.4 Å². The maximum Gasteiger partial charge on any atom is 0.350 e. The number of nitrogens with one attached hydrogen (secondary N) is 1. The van der Waals surface area contributed by atoms with Crippen molar-refractivity contribution in [2.24, 2.45) is 0 Å². The predicted octanol–water partition coefficient (Wildman–Crippen LogP) is 3.77. The van der Waals surface area contributed by atoms with Gasteiger partial charge in [0.05, 0.1) is 5.69 Å². The van der Waals surface area contributed by atoms with Gasteiger partial charge in [0.1, 0.15) is 15.6 Å². The van der Waals surface area contributed by atoms with E-state index in [0.717, 1.165) is 17.0 Å². The van der Waals surface area contributed by atoms with Gasteiger partial charge in [0, 0.05) is 11.6 Å². The van der Waals surface area contributed by atoms with Gasteiger partial charge >= 0.3 is 5.97 Å². The first kappa shape index (κ1) is 18.8. The lowest BCUT2D eigenvalue weighted by atomic mass is 10.1. The number of nitrogens with zero attached hydrogens (tertiary/aromatic N) is 2. The monoisotopic (exact) mass is 385 g/mol. The van der Waals surface area contributed by atoms with Crippen LogP contribution in [0.3, 0.4) is 0 Å². The predicted molar refractivity (Wildman–Crippen MR) is 102 cm³/mol. The standard InChI is InChI=1S/C19H19N3O4S/c1-4-13-5-7-14(8-6-13)18-20-12(3)17(27-18)19(24)25-10-16(23)21-15-9-11(2)26-22-15/h5-9H,4,10H2,1-3H3,(H,21,22,23). The Kier molecular flexibility index (Phi) is 5.66. The first-order valence-corrected chi connectivity index (χ1v) is 9.25. The van der Waals surface area contributed by atoms with Gasteiger partial charge in [-0.1, -0.05) is 36.3 Å². The number of anilines is 1. The number of rotatable bonds is 6. The number of aromatic nitrogens is 2. The summed E-state index contributed by atoms with van der Waals surface area (Å²) < 4.78 is 9.95. The SMILES string of the molecule is CCc1ccc(-c2nc(C)c(C(=O)OCC(=O)Nc3cc(C)on3)s2)cc1. The molecule has 0 saturated carbocycles. The Hall–Kier alpha value is -3.00. The Labute approximate surface area is 160 Å². The molecule has 2 aromatic heterocycles. The largest absolute Gasteiger partial charge is 0.451 e. The van der Waals surface area contributed by atoms with Crippen molar-refractivity contribution < 1.29 is 18.8 Å². The van der Waals surface area contributed by atoms with E-state index in [9.17, 15) is 9.59 Å². The second kappa shape index (κ2) is 8.13. The fourth-order valence-electron chi connectivity index (χ4n) is 2.39. The molecule has 1 N–H and O–H groups in total. The van der Waals surface area contributed by atoms with Crippen molar-refractivity contribution in [1.82, 2.24) is 10.1 Å². The number of carbonyl (C=O) groups is 2. The third kappa shape index (κ3) is 4.59. The van der Waals surface area contributed by atoms with Crippen molar-refractivity contribution in [3.63, 3.8) is 0 Å². The Bertz CT molecular complexity index is 960. The summed E-state index contributed by atoms with van der Waals surface area (Å²) in [5.41, 5.74) is 2.76. The summed E-state index contributed by atoms with van der Waals surface area (Å²) in [5.74, 6) is -0.218. The molecule has 27 heavy (non-hydrogen) atoms. The van der Waals surface area contributed by atoms with Gasteiger partial charge in [-0.05, 0) is 25.8 Å². The number of esters is 1. The molecule has 1 amide bonds. The second-order valence-electron chi connectivity index (χ2n) is 5.93. The molecule has 7 nitrogen and oxygen atoms in total. The van der Waals surface area contributed by atoms with Crippen molar-refractivity contribution in [3.05, 3.63) is 52.2 Å². The topological polar surface area (TPSA) is 94.3 Å². The van der Waals surface area contributed by atoms with Crippen LogP contribution in [-0.4, -0.2) is 28.6 Å². The summed E-state index contributed by atoms with van der Waals surface area (Å²) in [6, 6.07) is 9.63. The highest BCUT2D eigenvalue weighted by Gasteiger charge is 2.19. The summed E-state index contributed by atoms with van der Waals surface area (Å²) in [5, 5.41) is 6.88. The molecule has 0 atom stereocenters. The van der Waals surface area contributed by atoms with Gasteiger partial charge in [0.2, 0.25) is 0 Å². The number of benzene rings is 1. The van der Waals surface area contributed by atoms with Gasteiger partial charge in [0.25, 0.3) is 5.91 Å². The molecule has 3 aromatic rings. The normalized spacial score (nSPS) is 10.6. The molecule has 1 aromatic carbocycles. The van der Waals surface area contributed by atoms with Crippen molar-refractivity contribution in [2.45, 2.75) is 27.2 Å². The maximum absolute atomic E-state index is 12.3. The number of hydrogen-bond donors (Lipinski definition) is 1. The number of ether oxygens (including phenoxy) is 1. The van der Waals surface area contributed by atoms with E-state index in [0.29, 0.717) is 16.3 Å². The van der Waals surface area contributed by atoms with Crippen LogP contribution in [0.15, 0.2) is 34.9 Å². The minimum Gasteiger partial charge on any atom is -0.451 e. The van der Waals surface area contributed by atoms with E-state index in [1.165, 1.54) is 16.9 Å². The van der Waals surface area contributed by atoms with Crippen LogP contribution in [0.5, 0.6) is 0 Å². The molecule has 140 valence electrons. The van der Waals surface area contributed by atoms with Crippen LogP contribution >= 0.6 is 11.3 Å². The highest BCUT2D eigenvalue weighted by atomic mass is 32.1. The van der Waals surface area contributed by atoms with Crippen LogP contribution in [0, 0.1) is 13.8 Å². The van der Waals surface area contributed by atoms with Crippen molar-refractivity contribution in [2.75, 3.05) is 11.9 Å². The molecule has 3 rings (SSSR count). The number of amides is 1. The van der Waals surface area contributed by atoms with Crippen LogP contribution < -0.4 is 5.32 Å². The van der Waals surface area contributed by atoms with E-state index >= 15 is 0 Å². The molecule has 0 fully saturated rings. The molecule has 0 spiro atoms. The molecule has 2 heterocycles. The van der Waals surface area contributed by atoms with E-state index in [-0.39, 0.29) is 5.82 Å². The Balaban J connectivity index is 1.62. The third-order valence-corrected chi connectivity index (χ3v) is 5.01. The van der Waals surface area contributed by atoms with E-state index < -0.39 is 18.5 Å². The van der Waals surface area contributed by atoms with Crippen molar-refractivity contribution >= 4 is 29.0 Å². The molecule has 0 radical (unpaired) electrons. The van der Waals surface area contributed by atoms with E-state index in [4.69, 9.17) is 9.26 Å². The minimum atomic E-state index is -0.576. The van der Waals surface area contributed by atoms with Crippen LogP contribution in [-0.2, 0) is 16.0 Å². The fraction of sp³-hybridized carbons (Fsp3) is 0.263. The van der Waals surface area contributed by atoms with Crippen LogP contribution in [0.2, 0.25) is 0 Å². The number of hydrogen-bond acceptors (Lipinski definition) is 7. The molecular formula is C19H19N3O4S. The van der Waals surface area contributed by atoms with Crippen molar-refractivity contribution in [1.29, 1.82) is 0 Å². The maximum atomic E-state index is 12.3. The number of thiazole rings is 1. The second-order valence-corrected chi connectivity index (χ2v) is 6.93. The summed E-state index contributed by atoms with van der Waals surface area (Å²) >= 11 is 1.25. The quantitative estimate of drug-likeness (QED) is 0.649. The number of aryl methyl sites for hydroxylation is 3. The molecule has 0 bridgehead atoms. The fourth-order valence-corrected chi connectivity index (χ4v) is 3.36. The van der Waals surface area contributed by atoms with Crippen LogP contribution in [0.1, 0.15) is 33.6 Å². The summed E-state index contributed by atoms with van der Waals surface area (Å²) in [6.45, 7) is 5.14. The first-order valence-electron chi connectivity index (χ1n) is 8.43. The smallest absolute Gasteiger partial charge is 0.350 e. The third-order valence-electron chi connectivity index (χ3n) is 3.82. The van der Waals surface area contributed by atoms with Gasteiger partial charge in [-0.15, -0.1) is 11.3 Å². The van der Waals surface area contributed by atoms with Gasteiger partial charge in [-0.2, -0.15) is 0 Å². The lowest BCUT2D eigenvalue weighted by molar-refractivity contribution is -0.119. The Morgan fingerprint density at radius 2 is 1.96 bits per heavy atom.